The zero-order valence-electron chi connectivity index (χ0n) is 7.72. The van der Waals surface area contributed by atoms with Crippen molar-refractivity contribution in [3.8, 4) is 0 Å². The van der Waals surface area contributed by atoms with E-state index in [1.165, 1.54) is 6.42 Å². The third-order valence-corrected chi connectivity index (χ3v) is 1.42. The molecule has 0 saturated carbocycles. The summed E-state index contributed by atoms with van der Waals surface area (Å²) in [6, 6.07) is 0. The van der Waals surface area contributed by atoms with Crippen LogP contribution in [0.5, 0.6) is 0 Å². The first kappa shape index (κ1) is 10.2. The van der Waals surface area contributed by atoms with Crippen LogP contribution in [0.25, 0.3) is 0 Å². The fourth-order valence-electron chi connectivity index (χ4n) is 0.946. The van der Waals surface area contributed by atoms with Gasteiger partial charge in [0.05, 0.1) is 0 Å². The fraction of sp³-hybridized carbons (Fsp3) is 0.667. The van der Waals surface area contributed by atoms with Gasteiger partial charge in [0.25, 0.3) is 0 Å². The van der Waals surface area contributed by atoms with Crippen LogP contribution in [0.1, 0.15) is 33.6 Å². The highest BCUT2D eigenvalue weighted by Gasteiger charge is 2.13. The minimum absolute atomic E-state index is 0.105. The van der Waals surface area contributed by atoms with E-state index < -0.39 is 0 Å². The van der Waals surface area contributed by atoms with Crippen molar-refractivity contribution in [2.24, 2.45) is 5.10 Å². The van der Waals surface area contributed by atoms with Gasteiger partial charge in [-0.1, -0.05) is 19.9 Å². The quantitative estimate of drug-likeness (QED) is 0.477. The van der Waals surface area contributed by atoms with Crippen LogP contribution >= 0.6 is 0 Å². The monoisotopic (exact) mass is 154 g/mol. The minimum atomic E-state index is 0.105. The molecule has 0 aliphatic rings. The molecule has 11 heavy (non-hydrogen) atoms. The van der Waals surface area contributed by atoms with Gasteiger partial charge in [0, 0.05) is 11.8 Å². The first-order chi connectivity index (χ1) is 5.12. The van der Waals surface area contributed by atoms with Crippen molar-refractivity contribution >= 4 is 6.21 Å². The van der Waals surface area contributed by atoms with Crippen LogP contribution < -0.4 is 5.43 Å². The molecule has 0 radical (unpaired) electrons. The molecule has 0 aliphatic heterocycles. The molecule has 0 heterocycles. The summed E-state index contributed by atoms with van der Waals surface area (Å²) in [5, 5.41) is 3.99. The van der Waals surface area contributed by atoms with Crippen molar-refractivity contribution in [2.75, 3.05) is 0 Å². The summed E-state index contributed by atoms with van der Waals surface area (Å²) in [6.45, 7) is 9.98. The molecule has 0 unspecified atom stereocenters. The molecule has 0 aromatic carbocycles. The van der Waals surface area contributed by atoms with Crippen LogP contribution in [-0.2, 0) is 0 Å². The Morgan fingerprint density at radius 1 is 1.55 bits per heavy atom. The first-order valence-electron chi connectivity index (χ1n) is 4.03. The van der Waals surface area contributed by atoms with Crippen LogP contribution in [-0.4, -0.2) is 11.8 Å². The third kappa shape index (κ3) is 5.64. The molecule has 0 amide bonds. The summed E-state index contributed by atoms with van der Waals surface area (Å²) >= 11 is 0. The molecule has 0 saturated heterocycles. The molecule has 64 valence electrons. The summed E-state index contributed by atoms with van der Waals surface area (Å²) in [5.74, 6) is 0. The van der Waals surface area contributed by atoms with E-state index in [1.54, 1.807) is 12.3 Å². The van der Waals surface area contributed by atoms with Crippen molar-refractivity contribution in [1.29, 1.82) is 0 Å². The van der Waals surface area contributed by atoms with Crippen molar-refractivity contribution in [3.05, 3.63) is 12.7 Å². The summed E-state index contributed by atoms with van der Waals surface area (Å²) in [7, 11) is 0. The Morgan fingerprint density at radius 2 is 2.18 bits per heavy atom. The number of allylic oxidation sites excluding steroid dienone is 1. The van der Waals surface area contributed by atoms with E-state index in [9.17, 15) is 0 Å². The Bertz CT molecular complexity index is 136. The highest BCUT2D eigenvalue weighted by Crippen LogP contribution is 2.09. The second-order valence-electron chi connectivity index (χ2n) is 3.26. The molecule has 1 N–H and O–H groups in total. The van der Waals surface area contributed by atoms with E-state index >= 15 is 0 Å². The highest BCUT2D eigenvalue weighted by atomic mass is 15.3. The van der Waals surface area contributed by atoms with Gasteiger partial charge in [-0.2, -0.15) is 5.10 Å². The lowest BCUT2D eigenvalue weighted by molar-refractivity contribution is 0.369. The smallest absolute Gasteiger partial charge is 0.0492 e. The zero-order valence-corrected chi connectivity index (χ0v) is 7.72. The van der Waals surface area contributed by atoms with E-state index in [4.69, 9.17) is 0 Å². The number of hydrogen-bond acceptors (Lipinski definition) is 2. The Labute approximate surface area is 69.4 Å². The SMILES string of the molecule is C=CC=NNC(C)(C)CCC. The minimum Gasteiger partial charge on any atom is -0.305 e. The Hall–Kier alpha value is -0.790. The summed E-state index contributed by atoms with van der Waals surface area (Å²) in [5.41, 5.74) is 3.16. The number of hydrogen-bond donors (Lipinski definition) is 1. The van der Waals surface area contributed by atoms with Gasteiger partial charge in [0.1, 0.15) is 0 Å². The van der Waals surface area contributed by atoms with Crippen LogP contribution in [0.15, 0.2) is 17.8 Å². The average Bonchev–Trinajstić information content (AvgIpc) is 1.87. The van der Waals surface area contributed by atoms with Crippen LogP contribution in [0.4, 0.5) is 0 Å². The van der Waals surface area contributed by atoms with E-state index in [-0.39, 0.29) is 5.54 Å². The predicted molar refractivity (Wildman–Crippen MR) is 50.8 cm³/mol. The Kier molecular flexibility index (Phi) is 4.59. The molecule has 0 aromatic rings. The molecule has 0 spiro atoms. The van der Waals surface area contributed by atoms with Crippen molar-refractivity contribution in [3.63, 3.8) is 0 Å². The molecule has 0 aliphatic carbocycles. The van der Waals surface area contributed by atoms with E-state index in [0.717, 1.165) is 6.42 Å². The number of nitrogens with zero attached hydrogens (tertiary/aromatic N) is 1. The number of hydrazone groups is 1. The van der Waals surface area contributed by atoms with Gasteiger partial charge in [-0.3, -0.25) is 0 Å². The van der Waals surface area contributed by atoms with Crippen LogP contribution in [0, 0.1) is 0 Å². The Balaban J connectivity index is 3.71. The van der Waals surface area contributed by atoms with Crippen molar-refractivity contribution < 1.29 is 0 Å². The second kappa shape index (κ2) is 4.94. The van der Waals surface area contributed by atoms with E-state index in [1.807, 2.05) is 0 Å². The lowest BCUT2D eigenvalue weighted by atomic mass is 10.0. The standard InChI is InChI=1S/C9H18N2/c1-5-7-9(3,4)11-10-8-6-2/h6,8,11H,2,5,7H2,1,3-4H3. The average molecular weight is 154 g/mol. The van der Waals surface area contributed by atoms with Gasteiger partial charge in [-0.15, -0.1) is 0 Å². The second-order valence-corrected chi connectivity index (χ2v) is 3.26. The maximum atomic E-state index is 3.99. The summed E-state index contributed by atoms with van der Waals surface area (Å²) in [4.78, 5) is 0. The normalized spacial score (nSPS) is 11.9. The lowest BCUT2D eigenvalue weighted by Crippen LogP contribution is -2.35. The third-order valence-electron chi connectivity index (χ3n) is 1.42. The van der Waals surface area contributed by atoms with Crippen molar-refractivity contribution in [1.82, 2.24) is 5.43 Å². The molecule has 0 aromatic heterocycles. The zero-order chi connectivity index (χ0) is 8.74. The number of nitrogens with one attached hydrogen (secondary N) is 1. The Morgan fingerprint density at radius 3 is 2.64 bits per heavy atom. The van der Waals surface area contributed by atoms with Gasteiger partial charge in [0.2, 0.25) is 0 Å². The van der Waals surface area contributed by atoms with Gasteiger partial charge < -0.3 is 5.43 Å². The van der Waals surface area contributed by atoms with Gasteiger partial charge >= 0.3 is 0 Å². The van der Waals surface area contributed by atoms with Crippen molar-refractivity contribution in [2.45, 2.75) is 39.2 Å². The molecular formula is C9H18N2. The highest BCUT2D eigenvalue weighted by molar-refractivity contribution is 5.69. The van der Waals surface area contributed by atoms with Gasteiger partial charge in [-0.05, 0) is 26.3 Å². The molecule has 0 fully saturated rings. The molecule has 0 rings (SSSR count). The predicted octanol–water partition coefficient (Wildman–Crippen LogP) is 2.33. The van der Waals surface area contributed by atoms with Crippen LogP contribution in [0.2, 0.25) is 0 Å². The maximum Gasteiger partial charge on any atom is 0.0492 e. The molecule has 0 atom stereocenters. The summed E-state index contributed by atoms with van der Waals surface area (Å²) in [6.07, 6.45) is 5.62. The molecule has 0 bridgehead atoms. The number of rotatable bonds is 5. The fourth-order valence-corrected chi connectivity index (χ4v) is 0.946. The van der Waals surface area contributed by atoms with E-state index in [0.29, 0.717) is 0 Å². The lowest BCUT2D eigenvalue weighted by Gasteiger charge is -2.22. The topological polar surface area (TPSA) is 24.4 Å². The largest absolute Gasteiger partial charge is 0.305 e. The maximum absolute atomic E-state index is 3.99. The first-order valence-corrected chi connectivity index (χ1v) is 4.03. The van der Waals surface area contributed by atoms with Crippen LogP contribution in [0.3, 0.4) is 0 Å². The van der Waals surface area contributed by atoms with Gasteiger partial charge in [-0.25, -0.2) is 0 Å². The van der Waals surface area contributed by atoms with Gasteiger partial charge in [0.15, 0.2) is 0 Å². The molecule has 2 heteroatoms. The molecular weight excluding hydrogens is 136 g/mol. The van der Waals surface area contributed by atoms with E-state index in [2.05, 4.69) is 37.9 Å². The summed E-state index contributed by atoms with van der Waals surface area (Å²) < 4.78 is 0. The molecule has 2 nitrogen and oxygen atoms in total.